The van der Waals surface area contributed by atoms with Crippen LogP contribution in [0.15, 0.2) is 12.1 Å². The Morgan fingerprint density at radius 3 is 3.15 bits per heavy atom. The maximum Gasteiger partial charge on any atom is 0.262 e. The summed E-state index contributed by atoms with van der Waals surface area (Å²) in [5.74, 6) is 0.253. The van der Waals surface area contributed by atoms with E-state index in [9.17, 15) is 9.18 Å². The number of amides is 1. The highest BCUT2D eigenvalue weighted by molar-refractivity contribution is 5.95. The molecule has 0 radical (unpaired) electrons. The Kier molecular flexibility index (Phi) is 3.61. The van der Waals surface area contributed by atoms with Crippen molar-refractivity contribution in [1.82, 2.24) is 4.90 Å². The van der Waals surface area contributed by atoms with Crippen LogP contribution in [0.1, 0.15) is 18.4 Å². The van der Waals surface area contributed by atoms with Gasteiger partial charge in [-0.25, -0.2) is 4.39 Å². The van der Waals surface area contributed by atoms with Gasteiger partial charge < -0.3 is 15.0 Å². The molecular weight excluding hydrogens is 259 g/mol. The summed E-state index contributed by atoms with van der Waals surface area (Å²) >= 11 is 0. The smallest absolute Gasteiger partial charge is 0.262 e. The molecule has 1 unspecified atom stereocenters. The van der Waals surface area contributed by atoms with Crippen LogP contribution in [-0.4, -0.2) is 37.6 Å². The predicted octanol–water partition coefficient (Wildman–Crippen LogP) is 2.04. The van der Waals surface area contributed by atoms with Gasteiger partial charge in [0.05, 0.1) is 0 Å². The Labute approximate surface area is 117 Å². The number of piperidine rings is 1. The average Bonchev–Trinajstić information content (AvgIpc) is 2.43. The molecule has 20 heavy (non-hydrogen) atoms. The van der Waals surface area contributed by atoms with Crippen LogP contribution >= 0.6 is 0 Å². The third kappa shape index (κ3) is 2.63. The van der Waals surface area contributed by atoms with Crippen molar-refractivity contribution in [2.75, 3.05) is 32.1 Å². The molecule has 4 nitrogen and oxygen atoms in total. The summed E-state index contributed by atoms with van der Waals surface area (Å²) in [5, 5.41) is 2.57. The minimum absolute atomic E-state index is 0.0425. The van der Waals surface area contributed by atoms with Gasteiger partial charge in [-0.05, 0) is 50.4 Å². The molecule has 1 atom stereocenters. The zero-order chi connectivity index (χ0) is 14.1. The molecule has 0 aromatic heterocycles. The normalized spacial score (nSPS) is 22.9. The number of rotatable bonds is 2. The Bertz CT molecular complexity index is 533. The van der Waals surface area contributed by atoms with Gasteiger partial charge in [0.15, 0.2) is 12.4 Å². The molecule has 1 aromatic carbocycles. The monoisotopic (exact) mass is 278 g/mol. The van der Waals surface area contributed by atoms with Crippen molar-refractivity contribution in [1.29, 1.82) is 0 Å². The Hall–Kier alpha value is -1.62. The number of halogens is 1. The first-order chi connectivity index (χ1) is 9.63. The first kappa shape index (κ1) is 13.4. The van der Waals surface area contributed by atoms with Crippen LogP contribution in [0.2, 0.25) is 0 Å². The van der Waals surface area contributed by atoms with E-state index in [1.807, 2.05) is 0 Å². The first-order valence-corrected chi connectivity index (χ1v) is 7.06. The van der Waals surface area contributed by atoms with Crippen LogP contribution < -0.4 is 10.1 Å². The average molecular weight is 278 g/mol. The predicted molar refractivity (Wildman–Crippen MR) is 74.4 cm³/mol. The van der Waals surface area contributed by atoms with Crippen molar-refractivity contribution in [3.63, 3.8) is 0 Å². The van der Waals surface area contributed by atoms with Crippen LogP contribution in [0.3, 0.4) is 0 Å². The largest absolute Gasteiger partial charge is 0.481 e. The summed E-state index contributed by atoms with van der Waals surface area (Å²) in [4.78, 5) is 13.6. The topological polar surface area (TPSA) is 41.6 Å². The molecule has 108 valence electrons. The lowest BCUT2D eigenvalue weighted by molar-refractivity contribution is -0.118. The molecule has 1 amide bonds. The molecule has 2 aliphatic heterocycles. The standard InChI is InChI=1S/C15H19FN2O2/c1-18-6-2-3-10(8-18)7-11-4-5-12-15(14(11)16)17-13(19)9-20-12/h4-5,10H,2-3,6-9H2,1H3,(H,17,19). The van der Waals surface area contributed by atoms with E-state index >= 15 is 0 Å². The molecule has 1 aromatic rings. The maximum absolute atomic E-state index is 14.5. The molecule has 0 aliphatic carbocycles. The first-order valence-electron chi connectivity index (χ1n) is 7.06. The van der Waals surface area contributed by atoms with Crippen molar-refractivity contribution in [3.05, 3.63) is 23.5 Å². The lowest BCUT2D eigenvalue weighted by Gasteiger charge is -2.30. The van der Waals surface area contributed by atoms with E-state index in [-0.39, 0.29) is 24.0 Å². The number of nitrogens with one attached hydrogen (secondary N) is 1. The Balaban J connectivity index is 1.80. The van der Waals surface area contributed by atoms with E-state index in [1.165, 1.54) is 0 Å². The van der Waals surface area contributed by atoms with Gasteiger partial charge in [-0.15, -0.1) is 0 Å². The van der Waals surface area contributed by atoms with E-state index in [0.29, 0.717) is 23.7 Å². The van der Waals surface area contributed by atoms with Crippen molar-refractivity contribution in [2.24, 2.45) is 5.92 Å². The van der Waals surface area contributed by atoms with Crippen LogP contribution in [0, 0.1) is 11.7 Å². The molecule has 2 aliphatic rings. The van der Waals surface area contributed by atoms with Gasteiger partial charge in [0.25, 0.3) is 5.91 Å². The molecule has 1 fully saturated rings. The molecular formula is C15H19FN2O2. The van der Waals surface area contributed by atoms with Gasteiger partial charge in [0.1, 0.15) is 11.4 Å². The fraction of sp³-hybridized carbons (Fsp3) is 0.533. The molecule has 0 saturated carbocycles. The fourth-order valence-corrected chi connectivity index (χ4v) is 3.07. The summed E-state index contributed by atoms with van der Waals surface area (Å²) in [6, 6.07) is 3.53. The minimum Gasteiger partial charge on any atom is -0.481 e. The second-order valence-electron chi connectivity index (χ2n) is 5.72. The van der Waals surface area contributed by atoms with Gasteiger partial charge in [-0.2, -0.15) is 0 Å². The summed E-state index contributed by atoms with van der Waals surface area (Å²) in [6.45, 7) is 2.08. The second-order valence-corrected chi connectivity index (χ2v) is 5.72. The van der Waals surface area contributed by atoms with E-state index in [4.69, 9.17) is 4.74 Å². The van der Waals surface area contributed by atoms with Crippen LogP contribution in [-0.2, 0) is 11.2 Å². The number of carbonyl (C=O) groups excluding carboxylic acids is 1. The Morgan fingerprint density at radius 1 is 1.50 bits per heavy atom. The third-order valence-corrected chi connectivity index (χ3v) is 4.04. The number of nitrogens with zero attached hydrogens (tertiary/aromatic N) is 1. The summed E-state index contributed by atoms with van der Waals surface area (Å²) in [6.07, 6.45) is 3.00. The zero-order valence-electron chi connectivity index (χ0n) is 11.6. The van der Waals surface area contributed by atoms with Crippen LogP contribution in [0.25, 0.3) is 0 Å². The molecule has 1 N–H and O–H groups in total. The number of anilines is 1. The van der Waals surface area contributed by atoms with Crippen LogP contribution in [0.4, 0.5) is 10.1 Å². The van der Waals surface area contributed by atoms with Crippen molar-refractivity contribution in [3.8, 4) is 5.75 Å². The summed E-state index contributed by atoms with van der Waals surface area (Å²) in [7, 11) is 2.10. The number of ether oxygens (including phenoxy) is 1. The van der Waals surface area contributed by atoms with Crippen molar-refractivity contribution < 1.29 is 13.9 Å². The lowest BCUT2D eigenvalue weighted by atomic mass is 9.91. The molecule has 5 heteroatoms. The molecule has 0 bridgehead atoms. The van der Waals surface area contributed by atoms with Gasteiger partial charge in [0.2, 0.25) is 0 Å². The van der Waals surface area contributed by atoms with Crippen LogP contribution in [0.5, 0.6) is 5.75 Å². The van der Waals surface area contributed by atoms with Gasteiger partial charge in [0, 0.05) is 6.54 Å². The number of hydrogen-bond donors (Lipinski definition) is 1. The lowest BCUT2D eigenvalue weighted by Crippen LogP contribution is -2.33. The quantitative estimate of drug-likeness (QED) is 0.900. The molecule has 1 saturated heterocycles. The number of benzene rings is 1. The van der Waals surface area contributed by atoms with E-state index < -0.39 is 0 Å². The number of hydrogen-bond acceptors (Lipinski definition) is 3. The maximum atomic E-state index is 14.5. The van der Waals surface area contributed by atoms with E-state index in [1.54, 1.807) is 12.1 Å². The fourth-order valence-electron chi connectivity index (χ4n) is 3.07. The van der Waals surface area contributed by atoms with Gasteiger partial charge in [-0.3, -0.25) is 4.79 Å². The van der Waals surface area contributed by atoms with E-state index in [0.717, 1.165) is 25.9 Å². The molecule has 2 heterocycles. The third-order valence-electron chi connectivity index (χ3n) is 4.04. The highest BCUT2D eigenvalue weighted by Gasteiger charge is 2.24. The number of likely N-dealkylation sites (tertiary alicyclic amines) is 1. The Morgan fingerprint density at radius 2 is 2.35 bits per heavy atom. The van der Waals surface area contributed by atoms with Gasteiger partial charge >= 0.3 is 0 Å². The van der Waals surface area contributed by atoms with Crippen molar-refractivity contribution in [2.45, 2.75) is 19.3 Å². The second kappa shape index (κ2) is 5.40. The SMILES string of the molecule is CN1CCCC(Cc2ccc3c(c2F)NC(=O)CO3)C1. The molecule has 3 rings (SSSR count). The highest BCUT2D eigenvalue weighted by Crippen LogP contribution is 2.34. The van der Waals surface area contributed by atoms with E-state index in [2.05, 4.69) is 17.3 Å². The van der Waals surface area contributed by atoms with Crippen molar-refractivity contribution >= 4 is 11.6 Å². The minimum atomic E-state index is -0.344. The summed E-state index contributed by atoms with van der Waals surface area (Å²) in [5.41, 5.74) is 0.859. The van der Waals surface area contributed by atoms with Gasteiger partial charge in [-0.1, -0.05) is 6.07 Å². The number of carbonyl (C=O) groups is 1. The highest BCUT2D eigenvalue weighted by atomic mass is 19.1. The molecule has 0 spiro atoms. The summed E-state index contributed by atoms with van der Waals surface area (Å²) < 4.78 is 19.7. The number of fused-ring (bicyclic) bond motifs is 1. The zero-order valence-corrected chi connectivity index (χ0v) is 11.6.